The summed E-state index contributed by atoms with van der Waals surface area (Å²) >= 11 is 0. The summed E-state index contributed by atoms with van der Waals surface area (Å²) in [5, 5.41) is 13.6. The minimum atomic E-state index is -5.67. The Balaban J connectivity index is 1.39. The number of fused-ring (bicyclic) bond motifs is 1. The van der Waals surface area contributed by atoms with Crippen molar-refractivity contribution in [2.75, 3.05) is 18.5 Å². The van der Waals surface area contributed by atoms with Gasteiger partial charge in [0.1, 0.15) is 18.7 Å². The third kappa shape index (κ3) is 8.71. The molecule has 3 unspecified atom stereocenters. The van der Waals surface area contributed by atoms with Crippen LogP contribution in [0.3, 0.4) is 0 Å². The number of nitrogens with two attached hydrogens (primary N) is 1. The number of aromatic nitrogens is 4. The first kappa shape index (κ1) is 31.4. The molecule has 0 saturated carbocycles. The molecule has 0 radical (unpaired) electrons. The second kappa shape index (κ2) is 12.7. The topological polar surface area (TPSA) is 271 Å². The lowest BCUT2D eigenvalue weighted by atomic mass is 10.1. The number of phosphoric acid groups is 3. The Morgan fingerprint density at radius 1 is 1.07 bits per heavy atom. The van der Waals surface area contributed by atoms with Crippen LogP contribution in [0.25, 0.3) is 11.2 Å². The van der Waals surface area contributed by atoms with Crippen LogP contribution in [0.5, 0.6) is 0 Å². The van der Waals surface area contributed by atoms with E-state index in [2.05, 4.69) is 45.3 Å². The van der Waals surface area contributed by atoms with E-state index >= 15 is 0 Å². The lowest BCUT2D eigenvalue weighted by Gasteiger charge is -2.19. The minimum absolute atomic E-state index is 0.0119. The maximum atomic E-state index is 12.0. The fraction of sp³-hybridized carbons (Fsp3) is 0.350. The molecule has 5 atom stereocenters. The average Bonchev–Trinajstić information content (AvgIpc) is 3.47. The van der Waals surface area contributed by atoms with Crippen molar-refractivity contribution in [3.05, 3.63) is 48.0 Å². The van der Waals surface area contributed by atoms with Crippen LogP contribution in [-0.2, 0) is 38.1 Å². The molecule has 1 aliphatic heterocycles. The van der Waals surface area contributed by atoms with Crippen LogP contribution >= 0.6 is 23.5 Å². The third-order valence-corrected chi connectivity index (χ3v) is 9.24. The molecule has 4 rings (SSSR count). The molecule has 1 fully saturated rings. The number of rotatable bonds is 11. The van der Waals surface area contributed by atoms with Gasteiger partial charge in [-0.3, -0.25) is 9.09 Å². The van der Waals surface area contributed by atoms with Crippen molar-refractivity contribution < 1.29 is 56.3 Å². The van der Waals surface area contributed by atoms with E-state index in [0.717, 1.165) is 11.1 Å². The highest BCUT2D eigenvalue weighted by Gasteiger charge is 2.43. The van der Waals surface area contributed by atoms with Gasteiger partial charge in [0.25, 0.3) is 0 Å². The first-order chi connectivity index (χ1) is 19.3. The van der Waals surface area contributed by atoms with Crippen LogP contribution in [0.2, 0.25) is 0 Å². The van der Waals surface area contributed by atoms with E-state index in [1.165, 1.54) is 17.2 Å². The molecule has 1 aliphatic rings. The lowest BCUT2D eigenvalue weighted by molar-refractivity contribution is -0.0423. The van der Waals surface area contributed by atoms with Crippen molar-refractivity contribution in [2.24, 2.45) is 5.73 Å². The fourth-order valence-electron chi connectivity index (χ4n) is 3.74. The Bertz CT molecular complexity index is 1590. The normalized spacial score (nSPS) is 22.0. The zero-order valence-electron chi connectivity index (χ0n) is 20.8. The largest absolute Gasteiger partial charge is 0.490 e. The molecular formula is C20H25N6O12P3. The molecule has 8 N–H and O–H groups in total. The van der Waals surface area contributed by atoms with Crippen molar-refractivity contribution in [3.8, 4) is 11.8 Å². The molecule has 0 spiro atoms. The van der Waals surface area contributed by atoms with Crippen LogP contribution in [-0.4, -0.2) is 69.6 Å². The van der Waals surface area contributed by atoms with E-state index in [1.807, 2.05) is 24.3 Å². The predicted octanol–water partition coefficient (Wildman–Crippen LogP) is 0.740. The Kier molecular flexibility index (Phi) is 9.74. The van der Waals surface area contributed by atoms with Gasteiger partial charge in [-0.1, -0.05) is 24.0 Å². The number of aliphatic hydroxyl groups excluding tert-OH is 1. The molecule has 3 heterocycles. The van der Waals surface area contributed by atoms with Gasteiger partial charge in [0.05, 0.1) is 25.6 Å². The van der Waals surface area contributed by atoms with Crippen molar-refractivity contribution in [1.82, 2.24) is 19.5 Å². The number of benzene rings is 1. The summed E-state index contributed by atoms with van der Waals surface area (Å²) in [6, 6.07) is 7.54. The standard InChI is InChI=1S/C20H25N6O12P3/c21-7-1-2-13-3-5-14(6-4-13)9-22-19-18-20(24-11-23-19)26(12-25-18)17-8-15(27)16(36-17)10-35-40(31,32)38-41(33,34)37-39(28,29)30/h3-6,11-12,15-17,27H,7-10,21H2,(H,31,32)(H,33,34)(H,22,23,24)(H2,28,29,30)/t15?,16-,17-/m1/s1. The lowest BCUT2D eigenvalue weighted by Crippen LogP contribution is -2.26. The molecule has 1 aromatic carbocycles. The number of ether oxygens (including phenoxy) is 1. The summed E-state index contributed by atoms with van der Waals surface area (Å²) < 4.78 is 53.3. The van der Waals surface area contributed by atoms with Gasteiger partial charge in [0, 0.05) is 18.5 Å². The molecule has 1 saturated heterocycles. The van der Waals surface area contributed by atoms with E-state index in [1.54, 1.807) is 0 Å². The van der Waals surface area contributed by atoms with Gasteiger partial charge >= 0.3 is 23.5 Å². The molecule has 0 aliphatic carbocycles. The second-order valence-electron chi connectivity index (χ2n) is 8.42. The van der Waals surface area contributed by atoms with Crippen LogP contribution in [0.15, 0.2) is 36.9 Å². The highest BCUT2D eigenvalue weighted by molar-refractivity contribution is 7.66. The van der Waals surface area contributed by atoms with Crippen LogP contribution in [0.1, 0.15) is 23.8 Å². The number of nitrogens with one attached hydrogen (secondary N) is 1. The van der Waals surface area contributed by atoms with E-state index in [9.17, 15) is 28.6 Å². The minimum Gasteiger partial charge on any atom is -0.390 e. The Labute approximate surface area is 231 Å². The van der Waals surface area contributed by atoms with Gasteiger partial charge in [-0.25, -0.2) is 28.6 Å². The zero-order chi connectivity index (χ0) is 29.8. The Morgan fingerprint density at radius 2 is 1.80 bits per heavy atom. The molecule has 222 valence electrons. The van der Waals surface area contributed by atoms with E-state index in [-0.39, 0.29) is 13.0 Å². The predicted molar refractivity (Wildman–Crippen MR) is 139 cm³/mol. The molecule has 0 amide bonds. The summed E-state index contributed by atoms with van der Waals surface area (Å²) in [7, 11) is -16.6. The molecule has 0 bridgehead atoms. The fourth-order valence-corrected chi connectivity index (χ4v) is 6.77. The highest BCUT2D eigenvalue weighted by atomic mass is 31.3. The molecule has 2 aromatic heterocycles. The van der Waals surface area contributed by atoms with Gasteiger partial charge in [-0.05, 0) is 17.7 Å². The van der Waals surface area contributed by atoms with Gasteiger partial charge in [0.15, 0.2) is 17.0 Å². The van der Waals surface area contributed by atoms with Crippen molar-refractivity contribution in [3.63, 3.8) is 0 Å². The Morgan fingerprint density at radius 3 is 2.49 bits per heavy atom. The average molecular weight is 634 g/mol. The number of hydrogen-bond acceptors (Lipinski definition) is 13. The second-order valence-corrected chi connectivity index (χ2v) is 12.8. The number of aliphatic hydroxyl groups is 1. The molecule has 41 heavy (non-hydrogen) atoms. The number of anilines is 1. The molecule has 18 nitrogen and oxygen atoms in total. The number of imidazole rings is 1. The first-order valence-electron chi connectivity index (χ1n) is 11.6. The van der Waals surface area contributed by atoms with E-state index in [0.29, 0.717) is 23.5 Å². The summed E-state index contributed by atoms with van der Waals surface area (Å²) in [6.07, 6.45) is -0.554. The third-order valence-electron chi connectivity index (χ3n) is 5.44. The Hall–Kier alpha value is -2.58. The molecular weight excluding hydrogens is 609 g/mol. The summed E-state index contributed by atoms with van der Waals surface area (Å²) in [4.78, 5) is 48.9. The van der Waals surface area contributed by atoms with Gasteiger partial charge in [0.2, 0.25) is 0 Å². The molecule has 3 aromatic rings. The van der Waals surface area contributed by atoms with Crippen molar-refractivity contribution >= 4 is 40.4 Å². The molecule has 21 heteroatoms. The SMILES string of the molecule is NCC#Cc1ccc(CNc2ncnc3c2ncn3[C@H]2CC(O)[C@@H](COP(=O)(O)OP(=O)(O)OP(=O)(O)O)O2)cc1. The maximum absolute atomic E-state index is 12.0. The number of hydrogen-bond donors (Lipinski definition) is 7. The van der Waals surface area contributed by atoms with Crippen LogP contribution in [0.4, 0.5) is 5.82 Å². The van der Waals surface area contributed by atoms with E-state index in [4.69, 9.17) is 20.3 Å². The highest BCUT2D eigenvalue weighted by Crippen LogP contribution is 2.66. The summed E-state index contributed by atoms with van der Waals surface area (Å²) in [6.45, 7) is -0.107. The van der Waals surface area contributed by atoms with Crippen LogP contribution in [0, 0.1) is 11.8 Å². The van der Waals surface area contributed by atoms with Gasteiger partial charge < -0.3 is 40.5 Å². The number of phosphoric ester groups is 1. The van der Waals surface area contributed by atoms with Gasteiger partial charge in [-0.2, -0.15) is 8.62 Å². The summed E-state index contributed by atoms with van der Waals surface area (Å²) in [5.74, 6) is 6.17. The quantitative estimate of drug-likeness (QED) is 0.113. The number of nitrogens with zero attached hydrogens (tertiary/aromatic N) is 4. The smallest absolute Gasteiger partial charge is 0.390 e. The maximum Gasteiger partial charge on any atom is 0.490 e. The van der Waals surface area contributed by atoms with Gasteiger partial charge in [-0.15, -0.1) is 0 Å². The van der Waals surface area contributed by atoms with E-state index < -0.39 is 48.5 Å². The zero-order valence-corrected chi connectivity index (χ0v) is 23.5. The van der Waals surface area contributed by atoms with Crippen molar-refractivity contribution in [2.45, 2.75) is 31.4 Å². The monoisotopic (exact) mass is 634 g/mol. The van der Waals surface area contributed by atoms with Crippen molar-refractivity contribution in [1.29, 1.82) is 0 Å². The summed E-state index contributed by atoms with van der Waals surface area (Å²) in [5.41, 5.74) is 7.95. The van der Waals surface area contributed by atoms with Crippen LogP contribution < -0.4 is 11.1 Å². The first-order valence-corrected chi connectivity index (χ1v) is 16.1.